The van der Waals surface area contributed by atoms with Gasteiger partial charge in [0.05, 0.1) is 12.2 Å². The molecule has 3 atom stereocenters. The van der Waals surface area contributed by atoms with Crippen LogP contribution in [0.3, 0.4) is 0 Å². The zero-order valence-electron chi connectivity index (χ0n) is 10.3. The summed E-state index contributed by atoms with van der Waals surface area (Å²) in [5, 5.41) is 0. The van der Waals surface area contributed by atoms with Crippen molar-refractivity contribution in [3.05, 3.63) is 0 Å². The molecule has 1 saturated heterocycles. The second-order valence-electron chi connectivity index (χ2n) is 4.75. The Morgan fingerprint density at radius 3 is 2.07 bits per heavy atom. The summed E-state index contributed by atoms with van der Waals surface area (Å²) in [4.78, 5) is 2.33. The minimum Gasteiger partial charge on any atom is -0.377 e. The number of ether oxygens (including phenoxy) is 2. The molecule has 4 nitrogen and oxygen atoms in total. The molecule has 2 N–H and O–H groups in total. The standard InChI is InChI=1S/C11H24N2O2/c1-5-11(2,12)8-13-6-9(14-3)10(7-13)15-4/h9-10H,5-8,12H2,1-4H3. The molecule has 4 heteroatoms. The Labute approximate surface area is 92.7 Å². The Hall–Kier alpha value is -0.160. The van der Waals surface area contributed by atoms with Crippen LogP contribution in [-0.2, 0) is 9.47 Å². The minimum atomic E-state index is -0.110. The number of likely N-dealkylation sites (tertiary alicyclic amines) is 1. The number of hydrogen-bond donors (Lipinski definition) is 1. The molecule has 1 fully saturated rings. The van der Waals surface area contributed by atoms with Gasteiger partial charge in [0.1, 0.15) is 0 Å². The topological polar surface area (TPSA) is 47.7 Å². The van der Waals surface area contributed by atoms with Crippen molar-refractivity contribution in [3.8, 4) is 0 Å². The molecule has 0 aromatic carbocycles. The van der Waals surface area contributed by atoms with Crippen molar-refractivity contribution < 1.29 is 9.47 Å². The van der Waals surface area contributed by atoms with Crippen LogP contribution >= 0.6 is 0 Å². The highest BCUT2D eigenvalue weighted by atomic mass is 16.5. The van der Waals surface area contributed by atoms with Gasteiger partial charge in [0.25, 0.3) is 0 Å². The molecule has 1 heterocycles. The van der Waals surface area contributed by atoms with E-state index in [9.17, 15) is 0 Å². The lowest BCUT2D eigenvalue weighted by atomic mass is 10.0. The number of nitrogens with two attached hydrogens (primary N) is 1. The first kappa shape index (κ1) is 12.9. The normalized spacial score (nSPS) is 31.8. The number of nitrogens with zero attached hydrogens (tertiary/aromatic N) is 1. The Balaban J connectivity index is 2.47. The van der Waals surface area contributed by atoms with Crippen molar-refractivity contribution in [3.63, 3.8) is 0 Å². The quantitative estimate of drug-likeness (QED) is 0.725. The molecule has 0 aromatic heterocycles. The Bertz CT molecular complexity index is 185. The monoisotopic (exact) mass is 216 g/mol. The van der Waals surface area contributed by atoms with Crippen LogP contribution < -0.4 is 5.73 Å². The van der Waals surface area contributed by atoms with Gasteiger partial charge in [-0.3, -0.25) is 4.90 Å². The molecule has 0 saturated carbocycles. The summed E-state index contributed by atoms with van der Waals surface area (Å²) < 4.78 is 10.8. The summed E-state index contributed by atoms with van der Waals surface area (Å²) in [5.41, 5.74) is 6.04. The summed E-state index contributed by atoms with van der Waals surface area (Å²) in [6.07, 6.45) is 1.35. The minimum absolute atomic E-state index is 0.110. The van der Waals surface area contributed by atoms with Crippen molar-refractivity contribution in [2.24, 2.45) is 5.73 Å². The Kier molecular flexibility index (Phi) is 4.52. The summed E-state index contributed by atoms with van der Waals surface area (Å²) in [6.45, 7) is 6.96. The summed E-state index contributed by atoms with van der Waals surface area (Å²) in [5.74, 6) is 0. The van der Waals surface area contributed by atoms with Gasteiger partial charge in [0.2, 0.25) is 0 Å². The lowest BCUT2D eigenvalue weighted by Gasteiger charge is -2.28. The lowest BCUT2D eigenvalue weighted by molar-refractivity contribution is -0.00461. The second-order valence-corrected chi connectivity index (χ2v) is 4.75. The van der Waals surface area contributed by atoms with Gasteiger partial charge < -0.3 is 15.2 Å². The fourth-order valence-electron chi connectivity index (χ4n) is 2.02. The predicted octanol–water partition coefficient (Wildman–Crippen LogP) is 0.459. The molecule has 0 bridgehead atoms. The van der Waals surface area contributed by atoms with E-state index in [4.69, 9.17) is 15.2 Å². The van der Waals surface area contributed by atoms with Crippen LogP contribution in [-0.4, -0.2) is 56.5 Å². The van der Waals surface area contributed by atoms with Crippen LogP contribution in [0.4, 0.5) is 0 Å². The van der Waals surface area contributed by atoms with E-state index in [1.165, 1.54) is 0 Å². The fourth-order valence-corrected chi connectivity index (χ4v) is 2.02. The van der Waals surface area contributed by atoms with Crippen LogP contribution in [0.2, 0.25) is 0 Å². The SMILES string of the molecule is CCC(C)(N)CN1CC(OC)C(OC)C1. The lowest BCUT2D eigenvalue weighted by Crippen LogP contribution is -2.47. The van der Waals surface area contributed by atoms with Gasteiger partial charge in [-0.15, -0.1) is 0 Å². The van der Waals surface area contributed by atoms with E-state index in [0.717, 1.165) is 26.1 Å². The second kappa shape index (κ2) is 5.25. The Morgan fingerprint density at radius 1 is 1.27 bits per heavy atom. The summed E-state index contributed by atoms with van der Waals surface area (Å²) >= 11 is 0. The largest absolute Gasteiger partial charge is 0.377 e. The molecule has 0 aliphatic carbocycles. The molecule has 0 aromatic rings. The average molecular weight is 216 g/mol. The molecule has 0 radical (unpaired) electrons. The molecule has 0 spiro atoms. The van der Waals surface area contributed by atoms with Gasteiger partial charge in [0, 0.05) is 39.4 Å². The van der Waals surface area contributed by atoms with Crippen LogP contribution in [0.5, 0.6) is 0 Å². The first-order chi connectivity index (χ1) is 7.02. The van der Waals surface area contributed by atoms with Gasteiger partial charge in [-0.25, -0.2) is 0 Å². The molecule has 3 unspecified atom stereocenters. The summed E-state index contributed by atoms with van der Waals surface area (Å²) in [6, 6.07) is 0. The number of rotatable bonds is 5. The average Bonchev–Trinajstić information content (AvgIpc) is 2.59. The fraction of sp³-hybridized carbons (Fsp3) is 1.00. The van der Waals surface area contributed by atoms with Crippen molar-refractivity contribution in [2.45, 2.75) is 38.0 Å². The van der Waals surface area contributed by atoms with Gasteiger partial charge in [-0.05, 0) is 13.3 Å². The molecular weight excluding hydrogens is 192 g/mol. The molecular formula is C11H24N2O2. The van der Waals surface area contributed by atoms with Crippen molar-refractivity contribution in [1.82, 2.24) is 4.90 Å². The molecule has 15 heavy (non-hydrogen) atoms. The van der Waals surface area contributed by atoms with Crippen molar-refractivity contribution in [1.29, 1.82) is 0 Å². The Morgan fingerprint density at radius 2 is 1.73 bits per heavy atom. The highest BCUT2D eigenvalue weighted by Crippen LogP contribution is 2.18. The first-order valence-electron chi connectivity index (χ1n) is 5.59. The highest BCUT2D eigenvalue weighted by Gasteiger charge is 2.35. The van der Waals surface area contributed by atoms with Crippen LogP contribution in [0, 0.1) is 0 Å². The molecule has 1 rings (SSSR count). The van der Waals surface area contributed by atoms with Crippen LogP contribution in [0.1, 0.15) is 20.3 Å². The smallest absolute Gasteiger partial charge is 0.0971 e. The maximum Gasteiger partial charge on any atom is 0.0971 e. The molecule has 1 aliphatic heterocycles. The van der Waals surface area contributed by atoms with Crippen molar-refractivity contribution in [2.75, 3.05) is 33.9 Å². The van der Waals surface area contributed by atoms with Gasteiger partial charge in [0.15, 0.2) is 0 Å². The maximum atomic E-state index is 6.15. The van der Waals surface area contributed by atoms with E-state index in [-0.39, 0.29) is 17.7 Å². The maximum absolute atomic E-state index is 6.15. The third-order valence-electron chi connectivity index (χ3n) is 3.29. The van der Waals surface area contributed by atoms with Gasteiger partial charge in [-0.2, -0.15) is 0 Å². The molecule has 90 valence electrons. The molecule has 0 amide bonds. The number of hydrogen-bond acceptors (Lipinski definition) is 4. The summed E-state index contributed by atoms with van der Waals surface area (Å²) in [7, 11) is 3.48. The number of methoxy groups -OCH3 is 2. The van der Waals surface area contributed by atoms with Gasteiger partial charge >= 0.3 is 0 Å². The highest BCUT2D eigenvalue weighted by molar-refractivity contribution is 4.90. The molecule has 1 aliphatic rings. The third kappa shape index (κ3) is 3.41. The van der Waals surface area contributed by atoms with E-state index in [0.29, 0.717) is 0 Å². The van der Waals surface area contributed by atoms with Crippen LogP contribution in [0.15, 0.2) is 0 Å². The first-order valence-corrected chi connectivity index (χ1v) is 5.59. The van der Waals surface area contributed by atoms with Gasteiger partial charge in [-0.1, -0.05) is 6.92 Å². The van der Waals surface area contributed by atoms with E-state index in [1.54, 1.807) is 14.2 Å². The van der Waals surface area contributed by atoms with Crippen LogP contribution in [0.25, 0.3) is 0 Å². The van der Waals surface area contributed by atoms with Crippen molar-refractivity contribution >= 4 is 0 Å². The van der Waals surface area contributed by atoms with E-state index >= 15 is 0 Å². The predicted molar refractivity (Wildman–Crippen MR) is 60.9 cm³/mol. The zero-order chi connectivity index (χ0) is 11.5. The third-order valence-corrected chi connectivity index (χ3v) is 3.29. The zero-order valence-corrected chi connectivity index (χ0v) is 10.3. The van der Waals surface area contributed by atoms with E-state index < -0.39 is 0 Å². The van der Waals surface area contributed by atoms with E-state index in [2.05, 4.69) is 18.7 Å². The van der Waals surface area contributed by atoms with E-state index in [1.807, 2.05) is 0 Å².